The van der Waals surface area contributed by atoms with E-state index in [1.165, 1.54) is 0 Å². The topological polar surface area (TPSA) is 59.1 Å². The molecule has 1 saturated heterocycles. The number of piperazine rings is 1. The summed E-state index contributed by atoms with van der Waals surface area (Å²) in [6.07, 6.45) is 0. The van der Waals surface area contributed by atoms with E-state index in [9.17, 15) is 9.59 Å². The van der Waals surface area contributed by atoms with Gasteiger partial charge in [0, 0.05) is 26.2 Å². The third-order valence-corrected chi connectivity index (χ3v) is 5.27. The molecule has 2 unspecified atom stereocenters. The minimum Gasteiger partial charge on any atom is -0.465 e. The Morgan fingerprint density at radius 3 is 1.43 bits per heavy atom. The Kier molecular flexibility index (Phi) is 7.99. The molecule has 6 heteroatoms. The number of esters is 2. The minimum absolute atomic E-state index is 0.267. The maximum atomic E-state index is 13.0. The monoisotopic (exact) mass is 410 g/mol. The van der Waals surface area contributed by atoms with Gasteiger partial charge in [0.2, 0.25) is 0 Å². The fourth-order valence-corrected chi connectivity index (χ4v) is 3.94. The molecule has 0 radical (unpaired) electrons. The first-order valence-electron chi connectivity index (χ1n) is 10.5. The molecule has 2 atom stereocenters. The fraction of sp³-hybridized carbons (Fsp3) is 0.417. The number of hydrogen-bond acceptors (Lipinski definition) is 6. The van der Waals surface area contributed by atoms with Crippen LogP contribution in [0.3, 0.4) is 0 Å². The Labute approximate surface area is 178 Å². The number of carbonyl (C=O) groups is 2. The highest BCUT2D eigenvalue weighted by atomic mass is 16.5. The summed E-state index contributed by atoms with van der Waals surface area (Å²) in [6, 6.07) is 18.5. The van der Waals surface area contributed by atoms with E-state index in [1.807, 2.05) is 70.5 Å². The van der Waals surface area contributed by atoms with Crippen molar-refractivity contribution in [3.05, 3.63) is 71.8 Å². The molecule has 1 aliphatic heterocycles. The number of hydrogen-bond donors (Lipinski definition) is 0. The molecule has 6 nitrogen and oxygen atoms in total. The zero-order valence-electron chi connectivity index (χ0n) is 17.7. The van der Waals surface area contributed by atoms with Crippen LogP contribution >= 0.6 is 0 Å². The van der Waals surface area contributed by atoms with Crippen LogP contribution in [-0.2, 0) is 32.2 Å². The number of nitrogens with zero attached hydrogens (tertiary/aromatic N) is 2. The smallest absolute Gasteiger partial charge is 0.325 e. The van der Waals surface area contributed by atoms with Gasteiger partial charge in [-0.3, -0.25) is 19.4 Å². The number of carbonyl (C=O) groups excluding carboxylic acids is 2. The number of rotatable bonds is 8. The van der Waals surface area contributed by atoms with E-state index in [1.54, 1.807) is 13.8 Å². The quantitative estimate of drug-likeness (QED) is 0.624. The van der Waals surface area contributed by atoms with E-state index in [0.717, 1.165) is 11.1 Å². The van der Waals surface area contributed by atoms with Crippen molar-refractivity contribution in [3.8, 4) is 0 Å². The molecular formula is C24H30N2O4. The van der Waals surface area contributed by atoms with Crippen LogP contribution in [0.1, 0.15) is 25.0 Å². The van der Waals surface area contributed by atoms with E-state index >= 15 is 0 Å². The third kappa shape index (κ3) is 5.46. The predicted octanol–water partition coefficient (Wildman–Crippen LogP) is 2.87. The van der Waals surface area contributed by atoms with Crippen molar-refractivity contribution >= 4 is 11.9 Å². The van der Waals surface area contributed by atoms with Crippen molar-refractivity contribution in [3.63, 3.8) is 0 Å². The zero-order valence-corrected chi connectivity index (χ0v) is 17.7. The van der Waals surface area contributed by atoms with E-state index in [2.05, 4.69) is 0 Å². The highest BCUT2D eigenvalue weighted by molar-refractivity contribution is 5.87. The largest absolute Gasteiger partial charge is 0.465 e. The summed E-state index contributed by atoms with van der Waals surface area (Å²) < 4.78 is 10.8. The van der Waals surface area contributed by atoms with E-state index in [0.29, 0.717) is 26.2 Å². The molecule has 30 heavy (non-hydrogen) atoms. The second-order valence-electron chi connectivity index (χ2n) is 7.31. The van der Waals surface area contributed by atoms with Gasteiger partial charge in [-0.25, -0.2) is 0 Å². The Bertz CT molecular complexity index is 743. The average molecular weight is 411 g/mol. The van der Waals surface area contributed by atoms with E-state index in [-0.39, 0.29) is 25.2 Å². The maximum Gasteiger partial charge on any atom is 0.325 e. The van der Waals surface area contributed by atoms with Gasteiger partial charge in [-0.05, 0) is 25.0 Å². The van der Waals surface area contributed by atoms with Crippen molar-refractivity contribution in [2.24, 2.45) is 0 Å². The number of ether oxygens (including phenoxy) is 2. The standard InChI is InChI=1S/C24H30N2O4/c1-3-29-23(27)21-22(24(28)30-4-2)26(18-20-13-9-6-10-14-20)16-15-25(21)17-19-11-7-5-8-12-19/h5-14,21-22H,3-4,15-18H2,1-2H3. The molecule has 0 bridgehead atoms. The molecule has 0 spiro atoms. The lowest BCUT2D eigenvalue weighted by atomic mass is 9.99. The molecule has 2 aromatic rings. The second kappa shape index (κ2) is 10.9. The lowest BCUT2D eigenvalue weighted by Crippen LogP contribution is -2.65. The summed E-state index contributed by atoms with van der Waals surface area (Å²) in [5, 5.41) is 0. The Morgan fingerprint density at radius 1 is 0.733 bits per heavy atom. The van der Waals surface area contributed by atoms with Gasteiger partial charge in [-0.2, -0.15) is 0 Å². The Morgan fingerprint density at radius 2 is 1.10 bits per heavy atom. The van der Waals surface area contributed by atoms with Crippen LogP contribution in [-0.4, -0.2) is 60.1 Å². The second-order valence-corrected chi connectivity index (χ2v) is 7.31. The van der Waals surface area contributed by atoms with Gasteiger partial charge >= 0.3 is 11.9 Å². The molecule has 0 saturated carbocycles. The Balaban J connectivity index is 1.91. The van der Waals surface area contributed by atoms with Gasteiger partial charge < -0.3 is 9.47 Å². The lowest BCUT2D eigenvalue weighted by Gasteiger charge is -2.45. The van der Waals surface area contributed by atoms with Crippen LogP contribution < -0.4 is 0 Å². The molecule has 1 aliphatic rings. The summed E-state index contributed by atoms with van der Waals surface area (Å²) in [5.41, 5.74) is 2.18. The van der Waals surface area contributed by atoms with Gasteiger partial charge in [0.05, 0.1) is 13.2 Å². The van der Waals surface area contributed by atoms with Crippen LogP contribution in [0, 0.1) is 0 Å². The molecule has 1 heterocycles. The first-order chi connectivity index (χ1) is 14.6. The molecule has 2 aromatic carbocycles. The first kappa shape index (κ1) is 22.0. The SMILES string of the molecule is CCOC(=O)C1C(C(=O)OCC)N(Cc2ccccc2)CCN1Cc1ccccc1. The van der Waals surface area contributed by atoms with E-state index < -0.39 is 12.1 Å². The molecule has 0 aromatic heterocycles. The Hall–Kier alpha value is -2.70. The highest BCUT2D eigenvalue weighted by Gasteiger charge is 2.46. The average Bonchev–Trinajstić information content (AvgIpc) is 2.76. The summed E-state index contributed by atoms with van der Waals surface area (Å²) in [4.78, 5) is 30.1. The molecular weight excluding hydrogens is 380 g/mol. The van der Waals surface area contributed by atoms with Gasteiger partial charge in [0.25, 0.3) is 0 Å². The molecule has 1 fully saturated rings. The number of benzene rings is 2. The fourth-order valence-electron chi connectivity index (χ4n) is 3.94. The van der Waals surface area contributed by atoms with Crippen molar-refractivity contribution in [1.29, 1.82) is 0 Å². The van der Waals surface area contributed by atoms with Crippen molar-refractivity contribution in [2.75, 3.05) is 26.3 Å². The molecule has 0 N–H and O–H groups in total. The van der Waals surface area contributed by atoms with Crippen molar-refractivity contribution in [2.45, 2.75) is 39.0 Å². The van der Waals surface area contributed by atoms with Crippen LogP contribution in [0.25, 0.3) is 0 Å². The van der Waals surface area contributed by atoms with Crippen LogP contribution in [0.4, 0.5) is 0 Å². The zero-order chi connectivity index (χ0) is 21.3. The van der Waals surface area contributed by atoms with Crippen LogP contribution in [0.15, 0.2) is 60.7 Å². The maximum absolute atomic E-state index is 13.0. The van der Waals surface area contributed by atoms with Gasteiger partial charge in [0.15, 0.2) is 0 Å². The molecule has 0 amide bonds. The van der Waals surface area contributed by atoms with Gasteiger partial charge in [-0.1, -0.05) is 60.7 Å². The van der Waals surface area contributed by atoms with Crippen LogP contribution in [0.2, 0.25) is 0 Å². The molecule has 160 valence electrons. The summed E-state index contributed by atoms with van der Waals surface area (Å²) in [7, 11) is 0. The third-order valence-electron chi connectivity index (χ3n) is 5.27. The predicted molar refractivity (Wildman–Crippen MR) is 115 cm³/mol. The summed E-state index contributed by atoms with van der Waals surface area (Å²) >= 11 is 0. The van der Waals surface area contributed by atoms with Crippen LogP contribution in [0.5, 0.6) is 0 Å². The molecule has 0 aliphatic carbocycles. The highest BCUT2D eigenvalue weighted by Crippen LogP contribution is 2.24. The normalized spacial score (nSPS) is 19.9. The van der Waals surface area contributed by atoms with Crippen molar-refractivity contribution < 1.29 is 19.1 Å². The van der Waals surface area contributed by atoms with Gasteiger partial charge in [-0.15, -0.1) is 0 Å². The summed E-state index contributed by atoms with van der Waals surface area (Å²) in [6.45, 7) is 6.54. The molecule has 3 rings (SSSR count). The summed E-state index contributed by atoms with van der Waals surface area (Å²) in [5.74, 6) is -0.770. The van der Waals surface area contributed by atoms with E-state index in [4.69, 9.17) is 9.47 Å². The van der Waals surface area contributed by atoms with Gasteiger partial charge in [0.1, 0.15) is 12.1 Å². The first-order valence-corrected chi connectivity index (χ1v) is 10.5. The minimum atomic E-state index is -0.721. The van der Waals surface area contributed by atoms with Crippen molar-refractivity contribution in [1.82, 2.24) is 9.80 Å². The lowest BCUT2D eigenvalue weighted by molar-refractivity contribution is -0.169.